The maximum absolute atomic E-state index is 6.19. The number of pyridine rings is 1. The molecule has 0 spiro atoms. The monoisotopic (exact) mass is 243 g/mol. The normalized spacial score (nSPS) is 10.9. The Kier molecular flexibility index (Phi) is 2.34. The molecule has 0 saturated carbocycles. The van der Waals surface area contributed by atoms with Gasteiger partial charge in [0, 0.05) is 6.20 Å². The molecule has 17 heavy (non-hydrogen) atoms. The average molecular weight is 244 g/mol. The number of halogens is 1. The van der Waals surface area contributed by atoms with Gasteiger partial charge in [-0.1, -0.05) is 18.2 Å². The standard InChI is InChI=1S/C13H10ClN3/c1-9-5-4-8-15-12(9)17-11-7-3-2-6-10(11)16-13(17)14/h2-8H,1H3. The van der Waals surface area contributed by atoms with Gasteiger partial charge < -0.3 is 0 Å². The highest BCUT2D eigenvalue weighted by Crippen LogP contribution is 2.24. The van der Waals surface area contributed by atoms with Crippen LogP contribution in [0.1, 0.15) is 5.56 Å². The first kappa shape index (κ1) is 10.3. The molecule has 0 saturated heterocycles. The van der Waals surface area contributed by atoms with Crippen LogP contribution in [0.25, 0.3) is 16.9 Å². The molecule has 0 N–H and O–H groups in total. The number of hydrogen-bond donors (Lipinski definition) is 0. The lowest BCUT2D eigenvalue weighted by Gasteiger charge is -2.07. The third-order valence-electron chi connectivity index (χ3n) is 2.71. The largest absolute Gasteiger partial charge is 0.267 e. The van der Waals surface area contributed by atoms with Gasteiger partial charge >= 0.3 is 0 Å². The van der Waals surface area contributed by atoms with Crippen molar-refractivity contribution in [1.82, 2.24) is 14.5 Å². The molecular formula is C13H10ClN3. The minimum Gasteiger partial charge on any atom is -0.267 e. The van der Waals surface area contributed by atoms with Crippen LogP contribution in [0.5, 0.6) is 0 Å². The van der Waals surface area contributed by atoms with E-state index in [0.717, 1.165) is 22.4 Å². The molecule has 0 aliphatic carbocycles. The summed E-state index contributed by atoms with van der Waals surface area (Å²) in [6, 6.07) is 11.8. The van der Waals surface area contributed by atoms with E-state index in [2.05, 4.69) is 9.97 Å². The van der Waals surface area contributed by atoms with Crippen LogP contribution >= 0.6 is 11.6 Å². The summed E-state index contributed by atoms with van der Waals surface area (Å²) in [6.45, 7) is 2.01. The zero-order valence-corrected chi connectivity index (χ0v) is 10.0. The summed E-state index contributed by atoms with van der Waals surface area (Å²) in [7, 11) is 0. The van der Waals surface area contributed by atoms with Gasteiger partial charge in [0.15, 0.2) is 0 Å². The van der Waals surface area contributed by atoms with Crippen LogP contribution in [0.15, 0.2) is 42.6 Å². The van der Waals surface area contributed by atoms with Crippen LogP contribution in [0.3, 0.4) is 0 Å². The summed E-state index contributed by atoms with van der Waals surface area (Å²) >= 11 is 6.19. The third-order valence-corrected chi connectivity index (χ3v) is 2.97. The van der Waals surface area contributed by atoms with Gasteiger partial charge in [-0.2, -0.15) is 0 Å². The first-order chi connectivity index (χ1) is 8.27. The molecule has 2 aromatic heterocycles. The van der Waals surface area contributed by atoms with E-state index >= 15 is 0 Å². The number of imidazole rings is 1. The van der Waals surface area contributed by atoms with Crippen molar-refractivity contribution in [1.29, 1.82) is 0 Å². The maximum atomic E-state index is 6.19. The van der Waals surface area contributed by atoms with Crippen molar-refractivity contribution in [3.8, 4) is 5.82 Å². The summed E-state index contributed by atoms with van der Waals surface area (Å²) in [5, 5.41) is 0.438. The van der Waals surface area contributed by atoms with E-state index in [-0.39, 0.29) is 0 Å². The predicted molar refractivity (Wildman–Crippen MR) is 68.6 cm³/mol. The SMILES string of the molecule is Cc1cccnc1-n1c(Cl)nc2ccccc21. The lowest BCUT2D eigenvalue weighted by molar-refractivity contribution is 1.00. The van der Waals surface area contributed by atoms with E-state index in [9.17, 15) is 0 Å². The lowest BCUT2D eigenvalue weighted by atomic mass is 10.2. The zero-order chi connectivity index (χ0) is 11.8. The number of benzene rings is 1. The van der Waals surface area contributed by atoms with E-state index in [0.29, 0.717) is 5.28 Å². The van der Waals surface area contributed by atoms with Crippen LogP contribution in [-0.4, -0.2) is 14.5 Å². The summed E-state index contributed by atoms with van der Waals surface area (Å²) in [5.74, 6) is 0.825. The quantitative estimate of drug-likeness (QED) is 0.656. The van der Waals surface area contributed by atoms with E-state index in [1.807, 2.05) is 47.9 Å². The number of fused-ring (bicyclic) bond motifs is 1. The highest BCUT2D eigenvalue weighted by atomic mass is 35.5. The molecule has 0 radical (unpaired) electrons. The van der Waals surface area contributed by atoms with Gasteiger partial charge in [-0.15, -0.1) is 0 Å². The van der Waals surface area contributed by atoms with Crippen molar-refractivity contribution >= 4 is 22.6 Å². The van der Waals surface area contributed by atoms with Crippen molar-refractivity contribution in [2.24, 2.45) is 0 Å². The second-order valence-electron chi connectivity index (χ2n) is 3.85. The molecule has 3 aromatic rings. The van der Waals surface area contributed by atoms with Gasteiger partial charge in [0.05, 0.1) is 11.0 Å². The minimum absolute atomic E-state index is 0.438. The number of nitrogens with zero attached hydrogens (tertiary/aromatic N) is 3. The fourth-order valence-corrected chi connectivity index (χ4v) is 2.17. The van der Waals surface area contributed by atoms with Crippen molar-refractivity contribution in [3.05, 3.63) is 53.4 Å². The lowest BCUT2D eigenvalue weighted by Crippen LogP contribution is -1.99. The van der Waals surface area contributed by atoms with Crippen LogP contribution in [0.2, 0.25) is 5.28 Å². The number of para-hydroxylation sites is 2. The highest BCUT2D eigenvalue weighted by molar-refractivity contribution is 6.29. The third kappa shape index (κ3) is 1.59. The first-order valence-electron chi connectivity index (χ1n) is 5.32. The molecule has 0 amide bonds. The van der Waals surface area contributed by atoms with Gasteiger partial charge in [-0.25, -0.2) is 9.97 Å². The second-order valence-corrected chi connectivity index (χ2v) is 4.19. The van der Waals surface area contributed by atoms with E-state index in [1.165, 1.54) is 0 Å². The maximum Gasteiger partial charge on any atom is 0.209 e. The van der Waals surface area contributed by atoms with Gasteiger partial charge in [-0.05, 0) is 42.3 Å². The minimum atomic E-state index is 0.438. The van der Waals surface area contributed by atoms with Crippen LogP contribution in [0, 0.1) is 6.92 Å². The summed E-state index contributed by atoms with van der Waals surface area (Å²) in [6.07, 6.45) is 1.76. The van der Waals surface area contributed by atoms with Crippen molar-refractivity contribution in [2.75, 3.05) is 0 Å². The molecule has 0 atom stereocenters. The number of rotatable bonds is 1. The molecular weight excluding hydrogens is 234 g/mol. The molecule has 1 aromatic carbocycles. The van der Waals surface area contributed by atoms with Crippen molar-refractivity contribution < 1.29 is 0 Å². The summed E-state index contributed by atoms with van der Waals surface area (Å²) in [4.78, 5) is 8.69. The Morgan fingerprint density at radius 2 is 1.94 bits per heavy atom. The molecule has 2 heterocycles. The van der Waals surface area contributed by atoms with Crippen molar-refractivity contribution in [3.63, 3.8) is 0 Å². The Morgan fingerprint density at radius 1 is 1.12 bits per heavy atom. The average Bonchev–Trinajstić information content (AvgIpc) is 2.66. The summed E-state index contributed by atoms with van der Waals surface area (Å²) in [5.41, 5.74) is 2.92. The van der Waals surface area contributed by atoms with E-state index < -0.39 is 0 Å². The Labute approximate surface area is 104 Å². The Hall–Kier alpha value is -1.87. The summed E-state index contributed by atoms with van der Waals surface area (Å²) < 4.78 is 1.87. The van der Waals surface area contributed by atoms with E-state index in [4.69, 9.17) is 11.6 Å². The Balaban J connectivity index is 2.38. The van der Waals surface area contributed by atoms with Crippen LogP contribution < -0.4 is 0 Å². The Bertz CT molecular complexity index is 688. The van der Waals surface area contributed by atoms with Gasteiger partial charge in [-0.3, -0.25) is 4.57 Å². The second kappa shape index (κ2) is 3.86. The highest BCUT2D eigenvalue weighted by Gasteiger charge is 2.12. The van der Waals surface area contributed by atoms with E-state index in [1.54, 1.807) is 6.20 Å². The van der Waals surface area contributed by atoms with Crippen LogP contribution in [0.4, 0.5) is 0 Å². The molecule has 0 aliphatic heterocycles. The van der Waals surface area contributed by atoms with Gasteiger partial charge in [0.2, 0.25) is 5.28 Å². The smallest absolute Gasteiger partial charge is 0.209 e. The number of aromatic nitrogens is 3. The molecule has 4 heteroatoms. The molecule has 0 bridgehead atoms. The number of aryl methyl sites for hydroxylation is 1. The predicted octanol–water partition coefficient (Wildman–Crippen LogP) is 3.38. The number of hydrogen-bond acceptors (Lipinski definition) is 2. The fraction of sp³-hybridized carbons (Fsp3) is 0.0769. The van der Waals surface area contributed by atoms with Crippen molar-refractivity contribution in [2.45, 2.75) is 6.92 Å². The molecule has 0 aliphatic rings. The molecule has 0 fully saturated rings. The van der Waals surface area contributed by atoms with Gasteiger partial charge in [0.1, 0.15) is 5.82 Å². The Morgan fingerprint density at radius 3 is 2.76 bits per heavy atom. The van der Waals surface area contributed by atoms with Gasteiger partial charge in [0.25, 0.3) is 0 Å². The topological polar surface area (TPSA) is 30.7 Å². The molecule has 0 unspecified atom stereocenters. The fourth-order valence-electron chi connectivity index (χ4n) is 1.91. The zero-order valence-electron chi connectivity index (χ0n) is 9.26. The van der Waals surface area contributed by atoms with Crippen LogP contribution in [-0.2, 0) is 0 Å². The molecule has 3 nitrogen and oxygen atoms in total. The molecule has 84 valence electrons. The first-order valence-corrected chi connectivity index (χ1v) is 5.70. The molecule has 3 rings (SSSR count).